The van der Waals surface area contributed by atoms with Crippen LogP contribution in [0.15, 0.2) is 0 Å². The first kappa shape index (κ1) is 15.5. The molecule has 2 amide bonds. The molecule has 1 aromatic heterocycles. The van der Waals surface area contributed by atoms with Gasteiger partial charge in [0.2, 0.25) is 5.91 Å². The quantitative estimate of drug-likeness (QED) is 0.867. The minimum atomic E-state index is -0.548. The number of amides is 2. The van der Waals surface area contributed by atoms with E-state index in [4.69, 9.17) is 4.74 Å². The van der Waals surface area contributed by atoms with Crippen molar-refractivity contribution < 1.29 is 19.1 Å². The van der Waals surface area contributed by atoms with Crippen molar-refractivity contribution in [1.29, 1.82) is 0 Å². The number of hydrogen-bond donors (Lipinski definition) is 1. The van der Waals surface area contributed by atoms with Crippen LogP contribution in [0.3, 0.4) is 0 Å². The maximum atomic E-state index is 12.5. The fourth-order valence-electron chi connectivity index (χ4n) is 2.38. The normalized spacial score (nSPS) is 14.1. The van der Waals surface area contributed by atoms with E-state index in [0.717, 1.165) is 37.3 Å². The molecule has 2 heterocycles. The minimum Gasteiger partial charge on any atom is -0.465 e. The number of carbonyl (C=O) groups is 3. The summed E-state index contributed by atoms with van der Waals surface area (Å²) in [6, 6.07) is 0. The van der Waals surface area contributed by atoms with Gasteiger partial charge >= 0.3 is 5.97 Å². The van der Waals surface area contributed by atoms with Crippen LogP contribution < -0.4 is 5.32 Å². The Morgan fingerprint density at radius 3 is 2.38 bits per heavy atom. The Morgan fingerprint density at radius 2 is 1.86 bits per heavy atom. The van der Waals surface area contributed by atoms with Crippen LogP contribution in [0.5, 0.6) is 0 Å². The number of carbonyl (C=O) groups excluding carboxylic acids is 3. The van der Waals surface area contributed by atoms with E-state index in [1.165, 1.54) is 14.0 Å². The zero-order valence-corrected chi connectivity index (χ0v) is 13.1. The number of rotatable bonds is 3. The lowest BCUT2D eigenvalue weighted by Gasteiger charge is -2.14. The number of anilines is 1. The molecule has 1 aliphatic rings. The van der Waals surface area contributed by atoms with E-state index in [2.05, 4.69) is 5.32 Å². The van der Waals surface area contributed by atoms with Gasteiger partial charge in [-0.05, 0) is 25.3 Å². The van der Waals surface area contributed by atoms with Gasteiger partial charge in [0.25, 0.3) is 5.91 Å². The minimum absolute atomic E-state index is 0.0863. The van der Waals surface area contributed by atoms with Gasteiger partial charge in [-0.15, -0.1) is 11.3 Å². The SMILES string of the molecule is COC(=O)c1c(NC(C)=O)sc(C(=O)N2CCCC2)c1C. The van der Waals surface area contributed by atoms with Crippen LogP contribution in [-0.4, -0.2) is 42.9 Å². The third-order valence-electron chi connectivity index (χ3n) is 3.41. The van der Waals surface area contributed by atoms with Gasteiger partial charge in [-0.2, -0.15) is 0 Å². The molecule has 1 aliphatic heterocycles. The molecule has 0 aliphatic carbocycles. The van der Waals surface area contributed by atoms with Crippen LogP contribution in [0.4, 0.5) is 5.00 Å². The molecule has 0 spiro atoms. The summed E-state index contributed by atoms with van der Waals surface area (Å²) in [5, 5.41) is 2.97. The largest absolute Gasteiger partial charge is 0.465 e. The number of likely N-dealkylation sites (tertiary alicyclic amines) is 1. The van der Waals surface area contributed by atoms with E-state index in [-0.39, 0.29) is 17.4 Å². The molecule has 1 N–H and O–H groups in total. The van der Waals surface area contributed by atoms with Crippen molar-refractivity contribution in [2.45, 2.75) is 26.7 Å². The standard InChI is InChI=1S/C14H18N2O4S/c1-8-10(14(19)20-3)12(15-9(2)17)21-11(8)13(18)16-6-4-5-7-16/h4-7H2,1-3H3,(H,15,17). The second kappa shape index (κ2) is 6.26. The Kier molecular flexibility index (Phi) is 4.62. The first-order chi connectivity index (χ1) is 9.95. The lowest BCUT2D eigenvalue weighted by molar-refractivity contribution is -0.114. The van der Waals surface area contributed by atoms with E-state index in [0.29, 0.717) is 15.4 Å². The molecular formula is C14H18N2O4S. The molecule has 0 radical (unpaired) electrons. The molecule has 0 aromatic carbocycles. The molecule has 0 unspecified atom stereocenters. The number of nitrogens with zero attached hydrogens (tertiary/aromatic N) is 1. The molecule has 7 heteroatoms. The Balaban J connectivity index is 2.42. The van der Waals surface area contributed by atoms with Crippen LogP contribution in [0.1, 0.15) is 45.4 Å². The van der Waals surface area contributed by atoms with E-state index < -0.39 is 5.97 Å². The number of ether oxygens (including phenoxy) is 1. The summed E-state index contributed by atoms with van der Waals surface area (Å²) in [5.41, 5.74) is 0.827. The van der Waals surface area contributed by atoms with Gasteiger partial charge < -0.3 is 15.0 Å². The van der Waals surface area contributed by atoms with Gasteiger partial charge in [0, 0.05) is 20.0 Å². The molecule has 1 saturated heterocycles. The average Bonchev–Trinajstić information content (AvgIpc) is 3.05. The molecule has 6 nitrogen and oxygen atoms in total. The Labute approximate surface area is 127 Å². The Bertz CT molecular complexity index is 588. The number of hydrogen-bond acceptors (Lipinski definition) is 5. The third kappa shape index (κ3) is 3.07. The molecule has 0 bridgehead atoms. The summed E-state index contributed by atoms with van der Waals surface area (Å²) < 4.78 is 4.75. The summed E-state index contributed by atoms with van der Waals surface area (Å²) in [7, 11) is 1.28. The average molecular weight is 310 g/mol. The summed E-state index contributed by atoms with van der Waals surface area (Å²) in [5.74, 6) is -0.925. The monoisotopic (exact) mass is 310 g/mol. The zero-order chi connectivity index (χ0) is 15.6. The lowest BCUT2D eigenvalue weighted by atomic mass is 10.1. The van der Waals surface area contributed by atoms with E-state index in [1.54, 1.807) is 11.8 Å². The Hall–Kier alpha value is -1.89. The van der Waals surface area contributed by atoms with Gasteiger partial charge in [0.05, 0.1) is 17.6 Å². The second-order valence-corrected chi connectivity index (χ2v) is 5.95. The third-order valence-corrected chi connectivity index (χ3v) is 4.61. The second-order valence-electron chi connectivity index (χ2n) is 4.93. The van der Waals surface area contributed by atoms with Crippen LogP contribution in [0.25, 0.3) is 0 Å². The maximum Gasteiger partial charge on any atom is 0.341 e. The molecule has 21 heavy (non-hydrogen) atoms. The molecule has 1 aromatic rings. The number of thiophene rings is 1. The molecule has 2 rings (SSSR count). The van der Waals surface area contributed by atoms with Crippen molar-refractivity contribution >= 4 is 34.1 Å². The summed E-state index contributed by atoms with van der Waals surface area (Å²) in [4.78, 5) is 37.9. The predicted octanol–water partition coefficient (Wildman–Crippen LogP) is 2.04. The van der Waals surface area contributed by atoms with E-state index >= 15 is 0 Å². The van der Waals surface area contributed by atoms with Crippen molar-refractivity contribution in [1.82, 2.24) is 4.90 Å². The fourth-order valence-corrected chi connectivity index (χ4v) is 3.59. The summed E-state index contributed by atoms with van der Waals surface area (Å²) in [6.45, 7) is 4.54. The summed E-state index contributed by atoms with van der Waals surface area (Å²) in [6.07, 6.45) is 2.00. The topological polar surface area (TPSA) is 75.7 Å². The molecular weight excluding hydrogens is 292 g/mol. The highest BCUT2D eigenvalue weighted by molar-refractivity contribution is 7.18. The van der Waals surface area contributed by atoms with Crippen molar-refractivity contribution in [3.63, 3.8) is 0 Å². The van der Waals surface area contributed by atoms with Crippen molar-refractivity contribution in [3.05, 3.63) is 16.0 Å². The highest BCUT2D eigenvalue weighted by Crippen LogP contribution is 2.35. The van der Waals surface area contributed by atoms with Crippen molar-refractivity contribution in [2.24, 2.45) is 0 Å². The maximum absolute atomic E-state index is 12.5. The van der Waals surface area contributed by atoms with Crippen molar-refractivity contribution in [3.8, 4) is 0 Å². The highest BCUT2D eigenvalue weighted by atomic mass is 32.1. The van der Waals surface area contributed by atoms with Gasteiger partial charge in [0.1, 0.15) is 5.00 Å². The van der Waals surface area contributed by atoms with Crippen LogP contribution >= 0.6 is 11.3 Å². The van der Waals surface area contributed by atoms with E-state index in [9.17, 15) is 14.4 Å². The van der Waals surface area contributed by atoms with Crippen LogP contribution in [0, 0.1) is 6.92 Å². The molecule has 0 atom stereocenters. The number of methoxy groups -OCH3 is 1. The van der Waals surface area contributed by atoms with Crippen LogP contribution in [-0.2, 0) is 9.53 Å². The molecule has 1 fully saturated rings. The van der Waals surface area contributed by atoms with E-state index in [1.807, 2.05) is 0 Å². The first-order valence-corrected chi connectivity index (χ1v) is 7.56. The Morgan fingerprint density at radius 1 is 1.24 bits per heavy atom. The molecule has 114 valence electrons. The van der Waals surface area contributed by atoms with Gasteiger partial charge in [-0.1, -0.05) is 0 Å². The summed E-state index contributed by atoms with van der Waals surface area (Å²) >= 11 is 1.13. The number of esters is 1. The van der Waals surface area contributed by atoms with Gasteiger partial charge in [0.15, 0.2) is 0 Å². The van der Waals surface area contributed by atoms with Crippen LogP contribution in [0.2, 0.25) is 0 Å². The predicted molar refractivity (Wildman–Crippen MR) is 79.8 cm³/mol. The van der Waals surface area contributed by atoms with Crippen molar-refractivity contribution in [2.75, 3.05) is 25.5 Å². The first-order valence-electron chi connectivity index (χ1n) is 6.74. The van der Waals surface area contributed by atoms with Gasteiger partial charge in [-0.3, -0.25) is 9.59 Å². The number of nitrogens with one attached hydrogen (secondary N) is 1. The highest BCUT2D eigenvalue weighted by Gasteiger charge is 2.29. The fraction of sp³-hybridized carbons (Fsp3) is 0.500. The molecule has 0 saturated carbocycles. The lowest BCUT2D eigenvalue weighted by Crippen LogP contribution is -2.27. The smallest absolute Gasteiger partial charge is 0.341 e. The zero-order valence-electron chi connectivity index (χ0n) is 12.3. The van der Waals surface area contributed by atoms with Gasteiger partial charge in [-0.25, -0.2) is 4.79 Å².